The van der Waals surface area contributed by atoms with Gasteiger partial charge in [0.15, 0.2) is 0 Å². The number of ether oxygens (including phenoxy) is 1. The number of aliphatic hydroxyl groups is 2. The van der Waals surface area contributed by atoms with Gasteiger partial charge in [0.2, 0.25) is 5.91 Å². The van der Waals surface area contributed by atoms with Gasteiger partial charge in [-0.2, -0.15) is 0 Å². The van der Waals surface area contributed by atoms with Crippen LogP contribution in [0.5, 0.6) is 0 Å². The molecule has 1 amide bonds. The van der Waals surface area contributed by atoms with E-state index >= 15 is 0 Å². The highest BCUT2D eigenvalue weighted by molar-refractivity contribution is 5.76. The zero-order valence-electron chi connectivity index (χ0n) is 46.1. The molecule has 68 heavy (non-hydrogen) atoms. The molecule has 0 bridgehead atoms. The lowest BCUT2D eigenvalue weighted by Gasteiger charge is -2.22. The second kappa shape index (κ2) is 58.2. The number of esters is 1. The third-order valence-corrected chi connectivity index (χ3v) is 14.6. The summed E-state index contributed by atoms with van der Waals surface area (Å²) in [5, 5.41) is 23.4. The van der Waals surface area contributed by atoms with Crippen molar-refractivity contribution >= 4 is 11.9 Å². The molecule has 3 N–H and O–H groups in total. The summed E-state index contributed by atoms with van der Waals surface area (Å²) in [7, 11) is 0. The number of nitrogens with one attached hydrogen (secondary N) is 1. The first kappa shape index (κ1) is 66.6. The van der Waals surface area contributed by atoms with Crippen LogP contribution in [0.4, 0.5) is 0 Å². The maximum Gasteiger partial charge on any atom is 0.305 e. The van der Waals surface area contributed by atoms with Crippen LogP contribution in [0.25, 0.3) is 0 Å². The van der Waals surface area contributed by atoms with Crippen LogP contribution >= 0.6 is 0 Å². The monoisotopic (exact) mass is 960 g/mol. The van der Waals surface area contributed by atoms with Gasteiger partial charge in [-0.1, -0.05) is 296 Å². The quantitative estimate of drug-likeness (QED) is 0.0321. The van der Waals surface area contributed by atoms with E-state index in [4.69, 9.17) is 4.74 Å². The van der Waals surface area contributed by atoms with Crippen LogP contribution in [0.15, 0.2) is 12.2 Å². The highest BCUT2D eigenvalue weighted by Gasteiger charge is 2.20. The number of carbonyl (C=O) groups is 2. The molecule has 0 spiro atoms. The molecule has 6 nitrogen and oxygen atoms in total. The van der Waals surface area contributed by atoms with E-state index in [2.05, 4.69) is 31.3 Å². The molecule has 0 radical (unpaired) electrons. The molecule has 0 aromatic heterocycles. The Balaban J connectivity index is 3.43. The molecule has 2 atom stereocenters. The second-order valence-electron chi connectivity index (χ2n) is 21.4. The lowest BCUT2D eigenvalue weighted by atomic mass is 10.0. The smallest absolute Gasteiger partial charge is 0.305 e. The number of rotatable bonds is 58. The minimum Gasteiger partial charge on any atom is -0.466 e. The van der Waals surface area contributed by atoms with E-state index in [1.54, 1.807) is 0 Å². The molecule has 6 heteroatoms. The van der Waals surface area contributed by atoms with Crippen molar-refractivity contribution in [2.75, 3.05) is 13.2 Å². The molecule has 0 aromatic carbocycles. The molecule has 0 rings (SSSR count). The zero-order valence-corrected chi connectivity index (χ0v) is 46.1. The number of aliphatic hydroxyl groups excluding tert-OH is 2. The first-order valence-electron chi connectivity index (χ1n) is 30.9. The molecule has 0 heterocycles. The zero-order chi connectivity index (χ0) is 49.3. The SMILES string of the molecule is CCCCCC/C=C\CCCCCCCC(=O)OCCCCCCCCCCCCCCCC(=O)NC(CO)C(O)CCCCCCCCCCCCCCCCCCCCCCCCCCC. The van der Waals surface area contributed by atoms with Gasteiger partial charge in [-0.15, -0.1) is 0 Å². The number of unbranched alkanes of at least 4 members (excludes halogenated alkanes) is 45. The third-order valence-electron chi connectivity index (χ3n) is 14.6. The van der Waals surface area contributed by atoms with Crippen molar-refractivity contribution in [3.05, 3.63) is 12.2 Å². The minimum atomic E-state index is -0.674. The molecule has 0 aliphatic heterocycles. The predicted octanol–water partition coefficient (Wildman–Crippen LogP) is 19.2. The predicted molar refractivity (Wildman–Crippen MR) is 297 cm³/mol. The van der Waals surface area contributed by atoms with Gasteiger partial charge in [0, 0.05) is 12.8 Å². The number of hydrogen-bond acceptors (Lipinski definition) is 5. The summed E-state index contributed by atoms with van der Waals surface area (Å²) in [6, 6.07) is -0.552. The summed E-state index contributed by atoms with van der Waals surface area (Å²) in [5.74, 6) is -0.0572. The Kier molecular flexibility index (Phi) is 57.0. The highest BCUT2D eigenvalue weighted by atomic mass is 16.5. The Hall–Kier alpha value is -1.40. The minimum absolute atomic E-state index is 0.0134. The number of amides is 1. The van der Waals surface area contributed by atoms with E-state index in [-0.39, 0.29) is 18.5 Å². The van der Waals surface area contributed by atoms with E-state index in [0.717, 1.165) is 51.4 Å². The van der Waals surface area contributed by atoms with Crippen molar-refractivity contribution in [3.8, 4) is 0 Å². The summed E-state index contributed by atoms with van der Waals surface area (Å²) >= 11 is 0. The van der Waals surface area contributed by atoms with Gasteiger partial charge in [-0.3, -0.25) is 9.59 Å². The van der Waals surface area contributed by atoms with Gasteiger partial charge >= 0.3 is 5.97 Å². The van der Waals surface area contributed by atoms with Crippen LogP contribution in [-0.4, -0.2) is 47.4 Å². The summed E-state index contributed by atoms with van der Waals surface area (Å²) in [6.45, 7) is 4.94. The fraction of sp³-hybridized carbons (Fsp3) is 0.935. The fourth-order valence-electron chi connectivity index (χ4n) is 9.81. The van der Waals surface area contributed by atoms with Crippen molar-refractivity contribution in [3.63, 3.8) is 0 Å². The van der Waals surface area contributed by atoms with E-state index in [1.807, 2.05) is 0 Å². The van der Waals surface area contributed by atoms with Crippen LogP contribution in [0, 0.1) is 0 Å². The average Bonchev–Trinajstić information content (AvgIpc) is 3.34. The van der Waals surface area contributed by atoms with Crippen LogP contribution < -0.4 is 5.32 Å². The fourth-order valence-corrected chi connectivity index (χ4v) is 9.81. The first-order chi connectivity index (χ1) is 33.5. The van der Waals surface area contributed by atoms with Crippen LogP contribution in [0.3, 0.4) is 0 Å². The van der Waals surface area contributed by atoms with Crippen LogP contribution in [0.1, 0.15) is 348 Å². The highest BCUT2D eigenvalue weighted by Crippen LogP contribution is 2.18. The van der Waals surface area contributed by atoms with Crippen molar-refractivity contribution in [2.24, 2.45) is 0 Å². The molecular formula is C62H121NO5. The van der Waals surface area contributed by atoms with E-state index in [9.17, 15) is 19.8 Å². The molecule has 0 aliphatic carbocycles. The lowest BCUT2D eigenvalue weighted by molar-refractivity contribution is -0.143. The van der Waals surface area contributed by atoms with Crippen molar-refractivity contribution in [2.45, 2.75) is 360 Å². The summed E-state index contributed by atoms with van der Waals surface area (Å²) < 4.78 is 5.46. The summed E-state index contributed by atoms with van der Waals surface area (Å²) in [4.78, 5) is 24.6. The second-order valence-corrected chi connectivity index (χ2v) is 21.4. The number of hydrogen-bond donors (Lipinski definition) is 3. The number of carbonyl (C=O) groups excluding carboxylic acids is 2. The van der Waals surface area contributed by atoms with Crippen LogP contribution in [0.2, 0.25) is 0 Å². The molecule has 0 saturated carbocycles. The van der Waals surface area contributed by atoms with Gasteiger partial charge in [0.1, 0.15) is 0 Å². The van der Waals surface area contributed by atoms with Crippen molar-refractivity contribution in [1.82, 2.24) is 5.32 Å². The van der Waals surface area contributed by atoms with Crippen molar-refractivity contribution in [1.29, 1.82) is 0 Å². The van der Waals surface area contributed by atoms with E-state index in [1.165, 1.54) is 263 Å². The van der Waals surface area contributed by atoms with Gasteiger partial charge in [0.25, 0.3) is 0 Å². The Morgan fingerprint density at radius 1 is 0.397 bits per heavy atom. The topological polar surface area (TPSA) is 95.9 Å². The molecule has 0 aliphatic rings. The van der Waals surface area contributed by atoms with Gasteiger partial charge in [-0.05, 0) is 51.4 Å². The summed E-state index contributed by atoms with van der Waals surface area (Å²) in [6.07, 6.45) is 69.3. The Morgan fingerprint density at radius 2 is 0.691 bits per heavy atom. The van der Waals surface area contributed by atoms with Gasteiger partial charge < -0.3 is 20.3 Å². The molecule has 0 aromatic rings. The van der Waals surface area contributed by atoms with Gasteiger partial charge in [0.05, 0.1) is 25.4 Å². The molecule has 2 unspecified atom stereocenters. The molecular weight excluding hydrogens is 839 g/mol. The van der Waals surface area contributed by atoms with E-state index in [0.29, 0.717) is 25.9 Å². The molecule has 0 fully saturated rings. The maximum atomic E-state index is 12.5. The largest absolute Gasteiger partial charge is 0.466 e. The van der Waals surface area contributed by atoms with Crippen LogP contribution in [-0.2, 0) is 14.3 Å². The van der Waals surface area contributed by atoms with Crippen molar-refractivity contribution < 1.29 is 24.5 Å². The molecule has 0 saturated heterocycles. The Bertz CT molecular complexity index is 1020. The maximum absolute atomic E-state index is 12.5. The first-order valence-corrected chi connectivity index (χ1v) is 30.9. The Morgan fingerprint density at radius 3 is 1.06 bits per heavy atom. The van der Waals surface area contributed by atoms with E-state index < -0.39 is 12.1 Å². The normalized spacial score (nSPS) is 12.6. The average molecular weight is 961 g/mol. The third kappa shape index (κ3) is 53.9. The molecule has 404 valence electrons. The number of allylic oxidation sites excluding steroid dienone is 2. The summed E-state index contributed by atoms with van der Waals surface area (Å²) in [5.41, 5.74) is 0. The van der Waals surface area contributed by atoms with Gasteiger partial charge in [-0.25, -0.2) is 0 Å². The Labute approximate surface area is 425 Å². The standard InChI is InChI=1S/C62H121NO5/c1-3-5-7-9-11-13-15-17-18-19-20-21-22-23-24-25-26-27-28-31-34-38-42-46-50-54-60(65)59(58-64)63-61(66)55-51-47-43-39-35-32-29-33-37-41-45-49-53-57-68-62(67)56-52-48-44-40-36-30-16-14-12-10-8-6-4-2/h14,16,59-60,64-65H,3-13,15,17-58H2,1-2H3,(H,63,66)/b16-14-. The lowest BCUT2D eigenvalue weighted by Crippen LogP contribution is -2.45.